The monoisotopic (exact) mass is 571 g/mol. The molecule has 37 heavy (non-hydrogen) atoms. The van der Waals surface area contributed by atoms with Crippen molar-refractivity contribution in [2.45, 2.75) is 42.4 Å². The van der Waals surface area contributed by atoms with Gasteiger partial charge in [0.1, 0.15) is 4.21 Å². The highest BCUT2D eigenvalue weighted by Crippen LogP contribution is 2.30. The summed E-state index contributed by atoms with van der Waals surface area (Å²) in [6, 6.07) is 14.8. The molecule has 0 bridgehead atoms. The predicted molar refractivity (Wildman–Crippen MR) is 137 cm³/mol. The molecule has 0 atom stereocenters. The summed E-state index contributed by atoms with van der Waals surface area (Å²) in [4.78, 5) is 13.0. The summed E-state index contributed by atoms with van der Waals surface area (Å²) in [6.07, 6.45) is -3.18. The fraction of sp³-hybridized carbons (Fsp3) is 0.320. The third kappa shape index (κ3) is 7.11. The summed E-state index contributed by atoms with van der Waals surface area (Å²) in [5.74, 6) is -0.277. The minimum atomic E-state index is -4.36. The van der Waals surface area contributed by atoms with Crippen molar-refractivity contribution in [3.8, 4) is 0 Å². The minimum absolute atomic E-state index is 0.0655. The van der Waals surface area contributed by atoms with Gasteiger partial charge in [-0.05, 0) is 66.9 Å². The molecule has 1 amide bonds. The van der Waals surface area contributed by atoms with E-state index in [-0.39, 0.29) is 22.7 Å². The number of rotatable bonds is 8. The molecule has 0 unspecified atom stereocenters. The second-order valence-corrected chi connectivity index (χ2v) is 12.4. The molecule has 1 aliphatic rings. The number of hydrogen-bond acceptors (Lipinski definition) is 5. The Morgan fingerprint density at radius 2 is 1.62 bits per heavy atom. The molecular weight excluding hydrogens is 547 g/mol. The molecule has 0 aliphatic carbocycles. The van der Waals surface area contributed by atoms with Gasteiger partial charge in [-0.2, -0.15) is 17.5 Å². The van der Waals surface area contributed by atoms with Gasteiger partial charge in [-0.15, -0.1) is 11.3 Å². The highest BCUT2D eigenvalue weighted by atomic mass is 35.5. The van der Waals surface area contributed by atoms with E-state index in [1.165, 1.54) is 16.4 Å². The maximum absolute atomic E-state index is 13.1. The Kier molecular flexibility index (Phi) is 8.59. The molecule has 1 saturated heterocycles. The SMILES string of the molecule is O=C(NCc1ccc(S(=O)(=O)N2CCC(NCc3ccc(C(F)(F)F)cc3)CC2)s1)c1ccc(Cl)cc1. The van der Waals surface area contributed by atoms with Crippen LogP contribution in [0.5, 0.6) is 0 Å². The van der Waals surface area contributed by atoms with Crippen LogP contribution < -0.4 is 10.6 Å². The van der Waals surface area contributed by atoms with Crippen LogP contribution in [0.4, 0.5) is 13.2 Å². The van der Waals surface area contributed by atoms with E-state index in [0.717, 1.165) is 29.0 Å². The Labute approximate surface area is 222 Å². The normalized spacial score (nSPS) is 15.6. The molecule has 2 aromatic carbocycles. The Bertz CT molecular complexity index is 1320. The highest BCUT2D eigenvalue weighted by molar-refractivity contribution is 7.91. The first-order valence-electron chi connectivity index (χ1n) is 11.5. The number of nitrogens with one attached hydrogen (secondary N) is 2. The Morgan fingerprint density at radius 1 is 0.973 bits per heavy atom. The summed E-state index contributed by atoms with van der Waals surface area (Å²) in [5.41, 5.74) is 0.511. The molecule has 1 aliphatic heterocycles. The molecule has 4 rings (SSSR count). The first-order valence-corrected chi connectivity index (χ1v) is 14.2. The molecule has 2 heterocycles. The zero-order valence-corrected chi connectivity index (χ0v) is 22.0. The van der Waals surface area contributed by atoms with E-state index < -0.39 is 21.8 Å². The van der Waals surface area contributed by atoms with Crippen LogP contribution in [-0.4, -0.2) is 37.8 Å². The van der Waals surface area contributed by atoms with Gasteiger partial charge in [-0.25, -0.2) is 8.42 Å². The van der Waals surface area contributed by atoms with Gasteiger partial charge in [0, 0.05) is 41.1 Å². The number of sulfonamides is 1. The number of piperidine rings is 1. The quantitative estimate of drug-likeness (QED) is 0.385. The van der Waals surface area contributed by atoms with Crippen molar-refractivity contribution in [2.75, 3.05) is 13.1 Å². The average Bonchev–Trinajstić information content (AvgIpc) is 3.36. The maximum Gasteiger partial charge on any atom is 0.416 e. The number of carbonyl (C=O) groups excluding carboxylic acids is 1. The molecule has 0 saturated carbocycles. The van der Waals surface area contributed by atoms with E-state index in [1.54, 1.807) is 36.4 Å². The van der Waals surface area contributed by atoms with Crippen molar-refractivity contribution in [2.24, 2.45) is 0 Å². The van der Waals surface area contributed by atoms with E-state index in [9.17, 15) is 26.4 Å². The van der Waals surface area contributed by atoms with Crippen molar-refractivity contribution in [1.82, 2.24) is 14.9 Å². The van der Waals surface area contributed by atoms with Gasteiger partial charge in [0.2, 0.25) is 0 Å². The van der Waals surface area contributed by atoms with E-state index in [2.05, 4.69) is 10.6 Å². The summed E-state index contributed by atoms with van der Waals surface area (Å²) < 4.78 is 66.0. The van der Waals surface area contributed by atoms with E-state index >= 15 is 0 Å². The zero-order valence-electron chi connectivity index (χ0n) is 19.6. The van der Waals surface area contributed by atoms with Crippen molar-refractivity contribution in [3.63, 3.8) is 0 Å². The van der Waals surface area contributed by atoms with Gasteiger partial charge in [-0.3, -0.25) is 4.79 Å². The number of halogens is 4. The fourth-order valence-corrected chi connectivity index (χ4v) is 7.01. The van der Waals surface area contributed by atoms with Crippen LogP contribution in [0.15, 0.2) is 64.9 Å². The standard InChI is InChI=1S/C25H25ClF3N3O3S2/c26-20-7-3-18(4-8-20)24(33)31-16-22-9-10-23(36-22)37(34,35)32-13-11-21(12-14-32)30-15-17-1-5-19(6-2-17)25(27,28)29/h1-10,21,30H,11-16H2,(H,31,33). The van der Waals surface area contributed by atoms with Crippen molar-refractivity contribution in [3.05, 3.63) is 87.3 Å². The Hall–Kier alpha value is -2.44. The van der Waals surface area contributed by atoms with Gasteiger partial charge >= 0.3 is 6.18 Å². The van der Waals surface area contributed by atoms with Gasteiger partial charge in [0.05, 0.1) is 12.1 Å². The lowest BCUT2D eigenvalue weighted by Gasteiger charge is -2.31. The third-order valence-electron chi connectivity index (χ3n) is 6.09. The highest BCUT2D eigenvalue weighted by Gasteiger charge is 2.31. The van der Waals surface area contributed by atoms with Crippen LogP contribution >= 0.6 is 22.9 Å². The number of alkyl halides is 3. The van der Waals surface area contributed by atoms with Crippen LogP contribution in [0.1, 0.15) is 39.2 Å². The molecular formula is C25H25ClF3N3O3S2. The first-order chi connectivity index (χ1) is 17.5. The maximum atomic E-state index is 13.1. The third-order valence-corrected chi connectivity index (χ3v) is 9.79. The van der Waals surface area contributed by atoms with Crippen LogP contribution in [0, 0.1) is 0 Å². The molecule has 12 heteroatoms. The molecule has 1 aromatic heterocycles. The number of carbonyl (C=O) groups is 1. The summed E-state index contributed by atoms with van der Waals surface area (Å²) in [5, 5.41) is 6.62. The molecule has 0 radical (unpaired) electrons. The predicted octanol–water partition coefficient (Wildman–Crippen LogP) is 5.29. The lowest BCUT2D eigenvalue weighted by atomic mass is 10.1. The smallest absolute Gasteiger partial charge is 0.347 e. The number of benzene rings is 2. The molecule has 1 fully saturated rings. The number of nitrogens with zero attached hydrogens (tertiary/aromatic N) is 1. The van der Waals surface area contributed by atoms with Crippen molar-refractivity contribution < 1.29 is 26.4 Å². The molecule has 198 valence electrons. The van der Waals surface area contributed by atoms with Crippen LogP contribution in [0.3, 0.4) is 0 Å². The van der Waals surface area contributed by atoms with Gasteiger partial charge in [-0.1, -0.05) is 23.7 Å². The van der Waals surface area contributed by atoms with Gasteiger partial charge in [0.15, 0.2) is 0 Å². The molecule has 0 spiro atoms. The Morgan fingerprint density at radius 3 is 2.24 bits per heavy atom. The largest absolute Gasteiger partial charge is 0.416 e. The lowest BCUT2D eigenvalue weighted by molar-refractivity contribution is -0.137. The van der Waals surface area contributed by atoms with Crippen molar-refractivity contribution >= 4 is 38.9 Å². The molecule has 3 aromatic rings. The molecule has 2 N–H and O–H groups in total. The average molecular weight is 572 g/mol. The van der Waals surface area contributed by atoms with Gasteiger partial charge in [0.25, 0.3) is 15.9 Å². The fourth-order valence-electron chi connectivity index (χ4n) is 3.96. The van der Waals surface area contributed by atoms with Crippen LogP contribution in [0.25, 0.3) is 0 Å². The number of thiophene rings is 1. The van der Waals surface area contributed by atoms with Crippen molar-refractivity contribution in [1.29, 1.82) is 0 Å². The van der Waals surface area contributed by atoms with Gasteiger partial charge < -0.3 is 10.6 Å². The minimum Gasteiger partial charge on any atom is -0.347 e. The second-order valence-electron chi connectivity index (χ2n) is 8.66. The van der Waals surface area contributed by atoms with E-state index in [0.29, 0.717) is 47.9 Å². The summed E-state index contributed by atoms with van der Waals surface area (Å²) in [7, 11) is -3.66. The van der Waals surface area contributed by atoms with E-state index in [1.807, 2.05) is 0 Å². The number of amides is 1. The molecule has 6 nitrogen and oxygen atoms in total. The topological polar surface area (TPSA) is 78.5 Å². The second kappa shape index (κ2) is 11.5. The lowest BCUT2D eigenvalue weighted by Crippen LogP contribution is -2.44. The summed E-state index contributed by atoms with van der Waals surface area (Å²) in [6.45, 7) is 1.30. The van der Waals surface area contributed by atoms with Crippen LogP contribution in [-0.2, 0) is 29.3 Å². The van der Waals surface area contributed by atoms with E-state index in [4.69, 9.17) is 11.6 Å². The Balaban J connectivity index is 1.26. The zero-order chi connectivity index (χ0) is 26.6. The number of hydrogen-bond donors (Lipinski definition) is 2. The van der Waals surface area contributed by atoms with Crippen LogP contribution in [0.2, 0.25) is 5.02 Å². The summed E-state index contributed by atoms with van der Waals surface area (Å²) >= 11 is 6.96. The first kappa shape index (κ1) is 27.6.